The lowest BCUT2D eigenvalue weighted by atomic mass is 10.2. The molecule has 0 aliphatic heterocycles. The third-order valence-electron chi connectivity index (χ3n) is 2.64. The molecule has 3 aromatic rings. The van der Waals surface area contributed by atoms with Gasteiger partial charge in [-0.3, -0.25) is 9.78 Å². The molecule has 0 radical (unpaired) electrons. The maximum absolute atomic E-state index is 11.6. The van der Waals surface area contributed by atoms with Gasteiger partial charge in [0.1, 0.15) is 0 Å². The minimum Gasteiger partial charge on any atom is -0.337 e. The zero-order chi connectivity index (χ0) is 13.9. The molecule has 0 aliphatic rings. The smallest absolute Gasteiger partial charge is 0.279 e. The monoisotopic (exact) mass is 283 g/mol. The van der Waals surface area contributed by atoms with Crippen molar-refractivity contribution in [3.63, 3.8) is 0 Å². The van der Waals surface area contributed by atoms with Crippen LogP contribution in [0.5, 0.6) is 0 Å². The van der Waals surface area contributed by atoms with Crippen molar-refractivity contribution in [3.8, 4) is 0 Å². The number of nitrogens with one attached hydrogen (secondary N) is 2. The van der Waals surface area contributed by atoms with Crippen molar-refractivity contribution in [1.82, 2.24) is 15.0 Å². The molecule has 2 heterocycles. The lowest BCUT2D eigenvalue weighted by Crippen LogP contribution is -2.05. The van der Waals surface area contributed by atoms with E-state index in [2.05, 4.69) is 25.2 Å². The number of fused-ring (bicyclic) bond motifs is 1. The van der Waals surface area contributed by atoms with E-state index in [0.29, 0.717) is 5.82 Å². The highest BCUT2D eigenvalue weighted by Crippen LogP contribution is 2.18. The number of azo groups is 1. The van der Waals surface area contributed by atoms with E-state index in [1.54, 1.807) is 6.07 Å². The number of rotatable bonds is 2. The van der Waals surface area contributed by atoms with E-state index >= 15 is 0 Å². The average Bonchev–Trinajstić information content (AvgIpc) is 2.46. The van der Waals surface area contributed by atoms with Crippen molar-refractivity contribution >= 4 is 34.6 Å². The predicted molar refractivity (Wildman–Crippen MR) is 78.2 cm³/mol. The van der Waals surface area contributed by atoms with Crippen LogP contribution in [0.3, 0.4) is 0 Å². The second kappa shape index (κ2) is 5.14. The number of hydrogen-bond donors (Lipinski definition) is 2. The van der Waals surface area contributed by atoms with Crippen LogP contribution in [-0.4, -0.2) is 15.0 Å². The van der Waals surface area contributed by atoms with Crippen LogP contribution >= 0.6 is 12.2 Å². The van der Waals surface area contributed by atoms with Crippen molar-refractivity contribution in [2.75, 3.05) is 0 Å². The number of aromatic amines is 2. The summed E-state index contributed by atoms with van der Waals surface area (Å²) < 4.78 is 0.248. The zero-order valence-electron chi connectivity index (χ0n) is 10.2. The molecular weight excluding hydrogens is 274 g/mol. The summed E-state index contributed by atoms with van der Waals surface area (Å²) in [7, 11) is 0. The second-order valence-electron chi connectivity index (χ2n) is 4.02. The quantitative estimate of drug-likeness (QED) is 0.558. The fourth-order valence-corrected chi connectivity index (χ4v) is 1.84. The van der Waals surface area contributed by atoms with Gasteiger partial charge in [0, 0.05) is 11.6 Å². The lowest BCUT2D eigenvalue weighted by Gasteiger charge is -1.97. The molecule has 2 aromatic heterocycles. The predicted octanol–water partition coefficient (Wildman–Crippen LogP) is 3.40. The van der Waals surface area contributed by atoms with E-state index in [1.807, 2.05) is 30.3 Å². The number of pyridine rings is 1. The summed E-state index contributed by atoms with van der Waals surface area (Å²) in [6.07, 6.45) is 1.41. The number of H-pyrrole nitrogens is 2. The number of benzene rings is 1. The molecule has 0 saturated heterocycles. The lowest BCUT2D eigenvalue weighted by molar-refractivity contribution is 1.05. The van der Waals surface area contributed by atoms with Gasteiger partial charge in [-0.15, -0.1) is 10.2 Å². The molecule has 0 fully saturated rings. The Labute approximate surface area is 118 Å². The highest BCUT2D eigenvalue weighted by Gasteiger charge is 1.99. The minimum absolute atomic E-state index is 0.147. The van der Waals surface area contributed by atoms with Gasteiger partial charge in [-0.05, 0) is 30.4 Å². The molecule has 0 bridgehead atoms. The van der Waals surface area contributed by atoms with Crippen LogP contribution in [0.2, 0.25) is 0 Å². The van der Waals surface area contributed by atoms with Gasteiger partial charge in [-0.2, -0.15) is 0 Å². The molecule has 0 amide bonds. The molecule has 1 aromatic carbocycles. The van der Waals surface area contributed by atoms with E-state index in [1.165, 1.54) is 6.20 Å². The Bertz CT molecular complexity index is 912. The maximum Gasteiger partial charge on any atom is 0.279 e. The fraction of sp³-hybridized carbons (Fsp3) is 0. The van der Waals surface area contributed by atoms with Gasteiger partial charge in [-0.1, -0.05) is 18.2 Å². The summed E-state index contributed by atoms with van der Waals surface area (Å²) in [6, 6.07) is 11.3. The first-order valence-electron chi connectivity index (χ1n) is 5.82. The molecule has 6 nitrogen and oxygen atoms in total. The number of hydrogen-bond acceptors (Lipinski definition) is 5. The molecule has 0 spiro atoms. The van der Waals surface area contributed by atoms with Crippen LogP contribution in [-0.2, 0) is 0 Å². The summed E-state index contributed by atoms with van der Waals surface area (Å²) in [5, 5.41) is 8.84. The molecule has 0 unspecified atom stereocenters. The number of nitrogens with zero attached hydrogens (tertiary/aromatic N) is 3. The minimum atomic E-state index is -0.390. The Kier molecular flexibility index (Phi) is 3.18. The van der Waals surface area contributed by atoms with Gasteiger partial charge in [0.25, 0.3) is 5.56 Å². The van der Waals surface area contributed by atoms with Gasteiger partial charge in [0.2, 0.25) is 0 Å². The number of para-hydroxylation sites is 1. The van der Waals surface area contributed by atoms with Crippen LogP contribution in [0.1, 0.15) is 0 Å². The van der Waals surface area contributed by atoms with Gasteiger partial charge in [0.15, 0.2) is 16.3 Å². The van der Waals surface area contributed by atoms with Crippen molar-refractivity contribution in [2.45, 2.75) is 0 Å². The summed E-state index contributed by atoms with van der Waals surface area (Å²) in [5.74, 6) is 0.436. The van der Waals surface area contributed by atoms with Crippen LogP contribution in [0.4, 0.5) is 11.5 Å². The highest BCUT2D eigenvalue weighted by molar-refractivity contribution is 7.71. The highest BCUT2D eigenvalue weighted by atomic mass is 32.1. The first-order valence-corrected chi connectivity index (χ1v) is 6.23. The third kappa shape index (κ3) is 2.52. The topological polar surface area (TPSA) is 86.3 Å². The normalized spacial score (nSPS) is 11.2. The van der Waals surface area contributed by atoms with E-state index < -0.39 is 5.56 Å². The van der Waals surface area contributed by atoms with Crippen LogP contribution < -0.4 is 5.56 Å². The average molecular weight is 283 g/mol. The summed E-state index contributed by atoms with van der Waals surface area (Å²) in [5.41, 5.74) is 0.581. The Morgan fingerprint density at radius 1 is 1.10 bits per heavy atom. The molecule has 98 valence electrons. The van der Waals surface area contributed by atoms with E-state index in [0.717, 1.165) is 10.9 Å². The first-order chi connectivity index (χ1) is 9.72. The zero-order valence-corrected chi connectivity index (χ0v) is 11.0. The molecular formula is C13H9N5OS. The van der Waals surface area contributed by atoms with E-state index in [4.69, 9.17) is 12.2 Å². The van der Waals surface area contributed by atoms with Crippen molar-refractivity contribution in [2.24, 2.45) is 10.2 Å². The van der Waals surface area contributed by atoms with Gasteiger partial charge >= 0.3 is 0 Å². The van der Waals surface area contributed by atoms with Gasteiger partial charge in [-0.25, -0.2) is 4.98 Å². The van der Waals surface area contributed by atoms with Crippen LogP contribution in [0, 0.1) is 4.77 Å². The first kappa shape index (κ1) is 12.4. The molecule has 0 atom stereocenters. The molecule has 7 heteroatoms. The van der Waals surface area contributed by atoms with Crippen LogP contribution in [0.25, 0.3) is 10.9 Å². The molecule has 20 heavy (non-hydrogen) atoms. The van der Waals surface area contributed by atoms with Gasteiger partial charge in [0.05, 0.1) is 5.52 Å². The van der Waals surface area contributed by atoms with Crippen molar-refractivity contribution < 1.29 is 0 Å². The maximum atomic E-state index is 11.6. The molecule has 2 N–H and O–H groups in total. The van der Waals surface area contributed by atoms with Crippen molar-refractivity contribution in [1.29, 1.82) is 0 Å². The van der Waals surface area contributed by atoms with E-state index in [-0.39, 0.29) is 10.5 Å². The summed E-state index contributed by atoms with van der Waals surface area (Å²) in [6.45, 7) is 0. The second-order valence-corrected chi connectivity index (χ2v) is 4.43. The van der Waals surface area contributed by atoms with E-state index in [9.17, 15) is 4.79 Å². The summed E-state index contributed by atoms with van der Waals surface area (Å²) in [4.78, 5) is 21.0. The fourth-order valence-electron chi connectivity index (χ4n) is 1.69. The molecule has 3 rings (SSSR count). The van der Waals surface area contributed by atoms with Gasteiger partial charge < -0.3 is 4.98 Å². The Morgan fingerprint density at radius 3 is 2.80 bits per heavy atom. The standard InChI is InChI=1S/C13H9N5OS/c19-12-10(7-14-13(20)16-12)17-18-11-6-5-8-3-1-2-4-9(8)15-11/h1-7H,(H2,14,16,19,20). The number of aromatic nitrogens is 3. The Morgan fingerprint density at radius 2 is 1.95 bits per heavy atom. The van der Waals surface area contributed by atoms with Crippen molar-refractivity contribution in [3.05, 3.63) is 57.7 Å². The summed E-state index contributed by atoms with van der Waals surface area (Å²) >= 11 is 4.79. The molecule has 0 saturated carbocycles. The Hall–Kier alpha value is -2.67. The Balaban J connectivity index is 1.98. The largest absolute Gasteiger partial charge is 0.337 e. The van der Waals surface area contributed by atoms with Crippen LogP contribution in [0.15, 0.2) is 57.6 Å². The third-order valence-corrected chi connectivity index (χ3v) is 2.86. The SMILES string of the molecule is O=c1[nH]c(=S)[nH]cc1N=Nc1ccc2ccccc2n1. The molecule has 0 aliphatic carbocycles.